The van der Waals surface area contributed by atoms with E-state index in [0.29, 0.717) is 47.7 Å². The summed E-state index contributed by atoms with van der Waals surface area (Å²) in [6.45, 7) is 9.96. The molecule has 2 atom stereocenters. The first-order chi connectivity index (χ1) is 22.5. The van der Waals surface area contributed by atoms with Gasteiger partial charge in [0.2, 0.25) is 0 Å². The minimum atomic E-state index is -4.82. The number of aliphatic hydroxyl groups is 1. The molecule has 0 fully saturated rings. The number of carbonyl (C=O) groups excluding carboxylic acids is 1. The third-order valence-electron chi connectivity index (χ3n) is 8.76. The molecule has 1 N–H and O–H groups in total. The van der Waals surface area contributed by atoms with Crippen LogP contribution >= 0.6 is 0 Å². The van der Waals surface area contributed by atoms with Gasteiger partial charge in [0.25, 0.3) is 5.91 Å². The number of benzene rings is 3. The molecule has 250 valence electrons. The second-order valence-electron chi connectivity index (χ2n) is 12.3. The quantitative estimate of drug-likeness (QED) is 0.168. The van der Waals surface area contributed by atoms with Gasteiger partial charge in [0.1, 0.15) is 12.0 Å². The number of aliphatic hydroxyl groups excluding tert-OH is 1. The maximum Gasteiger partial charge on any atom is 0.573 e. The molecule has 1 aliphatic heterocycles. The van der Waals surface area contributed by atoms with Crippen molar-refractivity contribution in [3.8, 4) is 22.6 Å². The van der Waals surface area contributed by atoms with E-state index in [1.165, 1.54) is 23.8 Å². The zero-order valence-corrected chi connectivity index (χ0v) is 27.4. The average molecular weight is 649 g/mol. The van der Waals surface area contributed by atoms with Crippen molar-refractivity contribution in [3.05, 3.63) is 101 Å². The Kier molecular flexibility index (Phi) is 10.7. The van der Waals surface area contributed by atoms with Gasteiger partial charge in [0.05, 0.1) is 5.69 Å². The number of carbonyl (C=O) groups is 1. The highest BCUT2D eigenvalue weighted by Crippen LogP contribution is 2.36. The van der Waals surface area contributed by atoms with Crippen LogP contribution in [0, 0.1) is 6.92 Å². The Hall–Kier alpha value is -4.15. The van der Waals surface area contributed by atoms with Gasteiger partial charge in [-0.15, -0.1) is 13.2 Å². The van der Waals surface area contributed by atoms with E-state index in [9.17, 15) is 23.1 Å². The molecule has 47 heavy (non-hydrogen) atoms. The number of nitrogens with zero attached hydrogens (tertiary/aromatic N) is 4. The summed E-state index contributed by atoms with van der Waals surface area (Å²) in [6.07, 6.45) is -1.39. The van der Waals surface area contributed by atoms with Gasteiger partial charge < -0.3 is 14.7 Å². The topological polar surface area (TPSA) is 70.8 Å². The molecule has 1 aliphatic rings. The molecule has 2 heterocycles. The summed E-state index contributed by atoms with van der Waals surface area (Å²) >= 11 is 0. The van der Waals surface area contributed by atoms with E-state index in [4.69, 9.17) is 5.10 Å². The van der Waals surface area contributed by atoms with Crippen LogP contribution in [-0.2, 0) is 13.0 Å². The highest BCUT2D eigenvalue weighted by molar-refractivity contribution is 5.92. The number of hydrogen-bond acceptors (Lipinski definition) is 5. The fraction of sp³-hybridized carbons (Fsp3) is 0.405. The second-order valence-corrected chi connectivity index (χ2v) is 12.3. The molecule has 1 unspecified atom stereocenters. The van der Waals surface area contributed by atoms with Gasteiger partial charge in [-0.1, -0.05) is 69.2 Å². The summed E-state index contributed by atoms with van der Waals surface area (Å²) in [6, 6.07) is 21.1. The van der Waals surface area contributed by atoms with Gasteiger partial charge in [-0.05, 0) is 85.7 Å². The Morgan fingerprint density at radius 1 is 0.979 bits per heavy atom. The zero-order chi connectivity index (χ0) is 33.7. The first-order valence-electron chi connectivity index (χ1n) is 16.4. The number of halogens is 3. The first-order valence-corrected chi connectivity index (χ1v) is 16.4. The van der Waals surface area contributed by atoms with Crippen LogP contribution in [0.1, 0.15) is 85.6 Å². The SMILES string of the molecule is CCCCN(CCCC)C(=O)c1cc(C)n(-c2ccc(-c3cccc(OC(F)(F)F)c3)cc2C(O)N2Cc3ccccc3C[C@H]2C)n1. The number of amides is 1. The minimum absolute atomic E-state index is 0.00136. The molecule has 0 radical (unpaired) electrons. The number of rotatable bonds is 12. The van der Waals surface area contributed by atoms with Gasteiger partial charge in [0, 0.05) is 36.9 Å². The van der Waals surface area contributed by atoms with Crippen molar-refractivity contribution in [2.45, 2.75) is 85.0 Å². The molecule has 4 aromatic rings. The second kappa shape index (κ2) is 14.7. The van der Waals surface area contributed by atoms with Crippen LogP contribution in [0.3, 0.4) is 0 Å². The molecule has 3 aromatic carbocycles. The largest absolute Gasteiger partial charge is 0.573 e. The van der Waals surface area contributed by atoms with Crippen molar-refractivity contribution in [3.63, 3.8) is 0 Å². The maximum atomic E-state index is 13.7. The lowest BCUT2D eigenvalue weighted by atomic mass is 9.93. The molecule has 1 amide bonds. The normalized spacial score (nSPS) is 15.7. The fourth-order valence-electron chi connectivity index (χ4n) is 6.21. The molecule has 0 aliphatic carbocycles. The van der Waals surface area contributed by atoms with Gasteiger partial charge in [0.15, 0.2) is 5.69 Å². The summed E-state index contributed by atoms with van der Waals surface area (Å²) in [5.74, 6) is -0.459. The molecular formula is C37H43F3N4O3. The lowest BCUT2D eigenvalue weighted by molar-refractivity contribution is -0.274. The smallest absolute Gasteiger partial charge is 0.406 e. The molecular weight excluding hydrogens is 605 g/mol. The van der Waals surface area contributed by atoms with Crippen molar-refractivity contribution in [1.29, 1.82) is 0 Å². The number of hydrogen-bond donors (Lipinski definition) is 1. The van der Waals surface area contributed by atoms with Gasteiger partial charge in [-0.2, -0.15) is 5.10 Å². The monoisotopic (exact) mass is 648 g/mol. The molecule has 1 aromatic heterocycles. The lowest BCUT2D eigenvalue weighted by Crippen LogP contribution is -2.41. The summed E-state index contributed by atoms with van der Waals surface area (Å²) in [7, 11) is 0. The van der Waals surface area contributed by atoms with Crippen molar-refractivity contribution in [2.75, 3.05) is 13.1 Å². The maximum absolute atomic E-state index is 13.7. The predicted molar refractivity (Wildman–Crippen MR) is 176 cm³/mol. The van der Waals surface area contributed by atoms with E-state index in [2.05, 4.69) is 37.6 Å². The third-order valence-corrected chi connectivity index (χ3v) is 8.76. The van der Waals surface area contributed by atoms with Crippen molar-refractivity contribution >= 4 is 5.91 Å². The zero-order valence-electron chi connectivity index (χ0n) is 27.4. The van der Waals surface area contributed by atoms with Gasteiger partial charge in [-0.25, -0.2) is 4.68 Å². The van der Waals surface area contributed by atoms with Gasteiger partial charge >= 0.3 is 6.36 Å². The van der Waals surface area contributed by atoms with E-state index in [1.54, 1.807) is 35.0 Å². The van der Waals surface area contributed by atoms with Crippen LogP contribution < -0.4 is 4.74 Å². The van der Waals surface area contributed by atoms with Gasteiger partial charge in [-0.3, -0.25) is 9.69 Å². The number of aromatic nitrogens is 2. The molecule has 5 rings (SSSR count). The number of ether oxygens (including phenoxy) is 1. The van der Waals surface area contributed by atoms with Crippen molar-refractivity contribution < 1.29 is 27.8 Å². The highest BCUT2D eigenvalue weighted by Gasteiger charge is 2.32. The first kappa shape index (κ1) is 34.2. The van der Waals surface area contributed by atoms with Crippen molar-refractivity contribution in [1.82, 2.24) is 19.6 Å². The van der Waals surface area contributed by atoms with E-state index in [-0.39, 0.29) is 17.7 Å². The Morgan fingerprint density at radius 3 is 2.34 bits per heavy atom. The number of alkyl halides is 3. The van der Waals surface area contributed by atoms with E-state index in [1.807, 2.05) is 28.9 Å². The molecule has 0 saturated carbocycles. The molecule has 0 bridgehead atoms. The van der Waals surface area contributed by atoms with Crippen LogP contribution in [0.5, 0.6) is 5.75 Å². The third kappa shape index (κ3) is 8.05. The number of fused-ring (bicyclic) bond motifs is 1. The molecule has 10 heteroatoms. The predicted octanol–water partition coefficient (Wildman–Crippen LogP) is 8.23. The Labute approximate surface area is 274 Å². The minimum Gasteiger partial charge on any atom is -0.406 e. The van der Waals surface area contributed by atoms with E-state index < -0.39 is 12.6 Å². The summed E-state index contributed by atoms with van der Waals surface area (Å²) < 4.78 is 44.9. The summed E-state index contributed by atoms with van der Waals surface area (Å²) in [5, 5.41) is 16.9. The lowest BCUT2D eigenvalue weighted by Gasteiger charge is -2.38. The highest BCUT2D eigenvalue weighted by atomic mass is 19.4. The Morgan fingerprint density at radius 2 is 1.66 bits per heavy atom. The summed E-state index contributed by atoms with van der Waals surface area (Å²) in [5.41, 5.74) is 5.62. The van der Waals surface area contributed by atoms with E-state index in [0.717, 1.165) is 43.4 Å². The number of unbranched alkanes of at least 4 members (excludes halogenated alkanes) is 2. The fourth-order valence-corrected chi connectivity index (χ4v) is 6.21. The standard InChI is InChI=1S/C37H43F3N4O3/c1-5-7-18-42(19-8-6-2)36(46)33-21-26(4)44(41-33)34-17-16-29(28-14-11-15-31(22-28)47-37(38,39)40)23-32(34)35(45)43-24-30-13-10-9-12-27(30)20-25(43)3/h9-17,21-23,25,35,45H,5-8,18-20,24H2,1-4H3/t25-,35?/m1/s1. The summed E-state index contributed by atoms with van der Waals surface area (Å²) in [4.78, 5) is 17.5. The van der Waals surface area contributed by atoms with Crippen LogP contribution in [0.25, 0.3) is 16.8 Å². The van der Waals surface area contributed by atoms with E-state index >= 15 is 0 Å². The Bertz CT molecular complexity index is 1680. The average Bonchev–Trinajstić information content (AvgIpc) is 3.44. The van der Waals surface area contributed by atoms with Crippen LogP contribution in [0.15, 0.2) is 72.8 Å². The molecule has 0 spiro atoms. The van der Waals surface area contributed by atoms with Crippen molar-refractivity contribution in [2.24, 2.45) is 0 Å². The molecule has 0 saturated heterocycles. The number of aryl methyl sites for hydroxylation is 1. The van der Waals surface area contributed by atoms with Crippen LogP contribution in [0.2, 0.25) is 0 Å². The van der Waals surface area contributed by atoms with Crippen LogP contribution in [0.4, 0.5) is 13.2 Å². The molecule has 7 nitrogen and oxygen atoms in total. The van der Waals surface area contributed by atoms with Crippen LogP contribution in [-0.4, -0.2) is 56.1 Å². The Balaban J connectivity index is 1.57.